The minimum absolute atomic E-state index is 0.0712. The standard InChI is InChI=1S/C19H16N2O4/c22-21(23)17-7-3-16(4-8-17)14-25-18-9-5-15(6-10-18)12-20-13-19-2-1-11-24-19/h1-12H,13-14H2. The van der Waals surface area contributed by atoms with E-state index in [1.165, 1.54) is 12.1 Å². The van der Waals surface area contributed by atoms with Gasteiger partial charge in [0.15, 0.2) is 0 Å². The van der Waals surface area contributed by atoms with Crippen molar-refractivity contribution in [2.45, 2.75) is 13.2 Å². The van der Waals surface area contributed by atoms with Gasteiger partial charge in [-0.3, -0.25) is 15.1 Å². The largest absolute Gasteiger partial charge is 0.489 e. The van der Waals surface area contributed by atoms with Gasteiger partial charge in [0.2, 0.25) is 0 Å². The molecule has 3 aromatic rings. The highest BCUT2D eigenvalue weighted by Crippen LogP contribution is 2.16. The smallest absolute Gasteiger partial charge is 0.269 e. The molecule has 0 amide bonds. The molecule has 6 nitrogen and oxygen atoms in total. The molecule has 126 valence electrons. The van der Waals surface area contributed by atoms with Gasteiger partial charge < -0.3 is 9.15 Å². The highest BCUT2D eigenvalue weighted by molar-refractivity contribution is 5.79. The second kappa shape index (κ2) is 7.92. The van der Waals surface area contributed by atoms with Gasteiger partial charge in [-0.05, 0) is 59.7 Å². The van der Waals surface area contributed by atoms with Gasteiger partial charge in [0.25, 0.3) is 5.69 Å². The van der Waals surface area contributed by atoms with E-state index in [0.717, 1.165) is 22.6 Å². The zero-order chi connectivity index (χ0) is 17.5. The van der Waals surface area contributed by atoms with E-state index >= 15 is 0 Å². The number of aliphatic imine (C=N–C) groups is 1. The Morgan fingerprint density at radius 2 is 1.84 bits per heavy atom. The van der Waals surface area contributed by atoms with E-state index in [9.17, 15) is 10.1 Å². The molecule has 0 bridgehead atoms. The van der Waals surface area contributed by atoms with Gasteiger partial charge >= 0.3 is 0 Å². The Morgan fingerprint density at radius 1 is 1.08 bits per heavy atom. The van der Waals surface area contributed by atoms with Crippen molar-refractivity contribution in [1.82, 2.24) is 0 Å². The average Bonchev–Trinajstić information content (AvgIpc) is 3.15. The van der Waals surface area contributed by atoms with Crippen LogP contribution in [0, 0.1) is 10.1 Å². The Balaban J connectivity index is 1.52. The fourth-order valence-corrected chi connectivity index (χ4v) is 2.17. The van der Waals surface area contributed by atoms with Gasteiger partial charge in [0.05, 0.1) is 17.7 Å². The topological polar surface area (TPSA) is 77.9 Å². The van der Waals surface area contributed by atoms with Crippen molar-refractivity contribution >= 4 is 11.9 Å². The molecule has 6 heteroatoms. The van der Waals surface area contributed by atoms with E-state index in [1.807, 2.05) is 36.4 Å². The van der Waals surface area contributed by atoms with Gasteiger partial charge in [0.1, 0.15) is 18.1 Å². The summed E-state index contributed by atoms with van der Waals surface area (Å²) >= 11 is 0. The lowest BCUT2D eigenvalue weighted by molar-refractivity contribution is -0.384. The van der Waals surface area contributed by atoms with Crippen LogP contribution in [0.3, 0.4) is 0 Å². The molecule has 25 heavy (non-hydrogen) atoms. The van der Waals surface area contributed by atoms with Crippen molar-refractivity contribution in [1.29, 1.82) is 0 Å². The lowest BCUT2D eigenvalue weighted by atomic mass is 10.2. The van der Waals surface area contributed by atoms with E-state index in [-0.39, 0.29) is 5.69 Å². The van der Waals surface area contributed by atoms with Crippen LogP contribution in [0.1, 0.15) is 16.9 Å². The average molecular weight is 336 g/mol. The van der Waals surface area contributed by atoms with Crippen LogP contribution in [0.4, 0.5) is 5.69 Å². The molecule has 0 spiro atoms. The Morgan fingerprint density at radius 3 is 2.48 bits per heavy atom. The first-order chi connectivity index (χ1) is 12.2. The van der Waals surface area contributed by atoms with Gasteiger partial charge in [-0.25, -0.2) is 0 Å². The first-order valence-electron chi connectivity index (χ1n) is 7.69. The Labute approximate surface area is 144 Å². The van der Waals surface area contributed by atoms with E-state index in [2.05, 4.69) is 4.99 Å². The lowest BCUT2D eigenvalue weighted by Crippen LogP contribution is -1.96. The fraction of sp³-hybridized carbons (Fsp3) is 0.105. The van der Waals surface area contributed by atoms with E-state index < -0.39 is 4.92 Å². The number of nitro benzene ring substituents is 1. The summed E-state index contributed by atoms with van der Waals surface area (Å²) in [5.74, 6) is 1.54. The van der Waals surface area contributed by atoms with Gasteiger partial charge in [-0.15, -0.1) is 0 Å². The van der Waals surface area contributed by atoms with Crippen molar-refractivity contribution in [3.05, 3.63) is 93.9 Å². The van der Waals surface area contributed by atoms with Gasteiger partial charge in [0, 0.05) is 18.3 Å². The number of furan rings is 1. The van der Waals surface area contributed by atoms with Crippen LogP contribution >= 0.6 is 0 Å². The number of nitro groups is 1. The quantitative estimate of drug-likeness (QED) is 0.364. The number of hydrogen-bond donors (Lipinski definition) is 0. The highest BCUT2D eigenvalue weighted by Gasteiger charge is 2.04. The zero-order valence-electron chi connectivity index (χ0n) is 13.4. The summed E-state index contributed by atoms with van der Waals surface area (Å²) in [4.78, 5) is 14.5. The molecule has 0 fully saturated rings. The molecule has 0 saturated heterocycles. The number of non-ortho nitro benzene ring substituents is 1. The third kappa shape index (κ3) is 4.78. The normalized spacial score (nSPS) is 10.9. The second-order valence-electron chi connectivity index (χ2n) is 5.33. The second-order valence-corrected chi connectivity index (χ2v) is 5.33. The third-order valence-corrected chi connectivity index (χ3v) is 3.50. The van der Waals surface area contributed by atoms with Crippen LogP contribution in [0.5, 0.6) is 5.75 Å². The number of rotatable bonds is 7. The predicted molar refractivity (Wildman–Crippen MR) is 93.9 cm³/mol. The van der Waals surface area contributed by atoms with E-state index in [4.69, 9.17) is 9.15 Å². The Kier molecular flexibility index (Phi) is 5.21. The molecule has 0 radical (unpaired) electrons. The van der Waals surface area contributed by atoms with Crippen LogP contribution in [0.2, 0.25) is 0 Å². The summed E-state index contributed by atoms with van der Waals surface area (Å²) in [6.45, 7) is 0.856. The lowest BCUT2D eigenvalue weighted by Gasteiger charge is -2.06. The summed E-state index contributed by atoms with van der Waals surface area (Å²) < 4.78 is 10.9. The Bertz CT molecular complexity index is 838. The van der Waals surface area contributed by atoms with Crippen molar-refractivity contribution in [2.24, 2.45) is 4.99 Å². The molecular weight excluding hydrogens is 320 g/mol. The molecule has 1 aromatic heterocycles. The first kappa shape index (κ1) is 16.4. The summed E-state index contributed by atoms with van der Waals surface area (Å²) in [7, 11) is 0. The minimum atomic E-state index is -0.420. The monoisotopic (exact) mass is 336 g/mol. The molecule has 0 atom stereocenters. The van der Waals surface area contributed by atoms with Crippen LogP contribution in [0.25, 0.3) is 0 Å². The molecular formula is C19H16N2O4. The first-order valence-corrected chi connectivity index (χ1v) is 7.69. The van der Waals surface area contributed by atoms with Gasteiger partial charge in [-0.1, -0.05) is 0 Å². The molecule has 1 heterocycles. The van der Waals surface area contributed by atoms with E-state index in [1.54, 1.807) is 24.6 Å². The molecule has 0 aliphatic rings. The molecule has 0 N–H and O–H groups in total. The van der Waals surface area contributed by atoms with Crippen LogP contribution < -0.4 is 4.74 Å². The molecule has 0 unspecified atom stereocenters. The number of benzene rings is 2. The van der Waals surface area contributed by atoms with Gasteiger partial charge in [-0.2, -0.15) is 0 Å². The van der Waals surface area contributed by atoms with Crippen LogP contribution in [0.15, 0.2) is 76.3 Å². The minimum Gasteiger partial charge on any atom is -0.489 e. The van der Waals surface area contributed by atoms with E-state index in [0.29, 0.717) is 13.2 Å². The summed E-state index contributed by atoms with van der Waals surface area (Å²) in [5.41, 5.74) is 1.91. The molecule has 0 saturated carbocycles. The van der Waals surface area contributed by atoms with Crippen molar-refractivity contribution in [3.63, 3.8) is 0 Å². The van der Waals surface area contributed by atoms with Crippen molar-refractivity contribution < 1.29 is 14.1 Å². The SMILES string of the molecule is O=[N+]([O-])c1ccc(COc2ccc(C=NCc3ccco3)cc2)cc1. The number of hydrogen-bond acceptors (Lipinski definition) is 5. The van der Waals surface area contributed by atoms with Crippen molar-refractivity contribution in [3.8, 4) is 5.75 Å². The maximum Gasteiger partial charge on any atom is 0.269 e. The van der Waals surface area contributed by atoms with Crippen molar-refractivity contribution in [2.75, 3.05) is 0 Å². The Hall–Kier alpha value is -3.41. The number of nitrogens with zero attached hydrogens (tertiary/aromatic N) is 2. The zero-order valence-corrected chi connectivity index (χ0v) is 13.4. The summed E-state index contributed by atoms with van der Waals surface area (Å²) in [6.07, 6.45) is 3.41. The maximum absolute atomic E-state index is 10.6. The third-order valence-electron chi connectivity index (χ3n) is 3.50. The summed E-state index contributed by atoms with van der Waals surface area (Å²) in [5, 5.41) is 10.6. The highest BCUT2D eigenvalue weighted by atomic mass is 16.6. The molecule has 2 aromatic carbocycles. The predicted octanol–water partition coefficient (Wildman–Crippen LogP) is 4.39. The summed E-state index contributed by atoms with van der Waals surface area (Å²) in [6, 6.07) is 17.6. The molecule has 0 aliphatic carbocycles. The maximum atomic E-state index is 10.6. The fourth-order valence-electron chi connectivity index (χ4n) is 2.17. The molecule has 3 rings (SSSR count). The van der Waals surface area contributed by atoms with Crippen LogP contribution in [-0.4, -0.2) is 11.1 Å². The number of ether oxygens (including phenoxy) is 1. The molecule has 0 aliphatic heterocycles. The van der Waals surface area contributed by atoms with Crippen LogP contribution in [-0.2, 0) is 13.2 Å².